The van der Waals surface area contributed by atoms with Crippen LogP contribution < -0.4 is 5.73 Å². The number of halogens is 1. The minimum atomic E-state index is 0.763. The highest BCUT2D eigenvalue weighted by atomic mass is 79.9. The van der Waals surface area contributed by atoms with Gasteiger partial charge in [-0.25, -0.2) is 0 Å². The van der Waals surface area contributed by atoms with Crippen LogP contribution in [-0.2, 0) is 0 Å². The van der Waals surface area contributed by atoms with Gasteiger partial charge < -0.3 is 5.73 Å². The molecule has 0 saturated carbocycles. The van der Waals surface area contributed by atoms with Gasteiger partial charge in [-0.3, -0.25) is 5.10 Å². The first-order valence-electron chi connectivity index (χ1n) is 3.59. The summed E-state index contributed by atoms with van der Waals surface area (Å²) in [5.74, 6) is 0. The van der Waals surface area contributed by atoms with Gasteiger partial charge in [-0.1, -0.05) is 0 Å². The van der Waals surface area contributed by atoms with Crippen molar-refractivity contribution in [2.24, 2.45) is 0 Å². The largest absolute Gasteiger partial charge is 0.398 e. The van der Waals surface area contributed by atoms with Gasteiger partial charge in [0.15, 0.2) is 0 Å². The molecule has 0 atom stereocenters. The predicted molar refractivity (Wildman–Crippen MR) is 52.9 cm³/mol. The van der Waals surface area contributed by atoms with E-state index >= 15 is 0 Å². The number of hydrogen-bond acceptors (Lipinski definition) is 2. The Labute approximate surface area is 78.1 Å². The summed E-state index contributed by atoms with van der Waals surface area (Å²) in [5.41, 5.74) is 8.45. The lowest BCUT2D eigenvalue weighted by Crippen LogP contribution is -1.86. The summed E-state index contributed by atoms with van der Waals surface area (Å²) in [6.45, 7) is 1.96. The van der Waals surface area contributed by atoms with E-state index in [0.29, 0.717) is 0 Å². The van der Waals surface area contributed by atoms with Crippen LogP contribution in [0.2, 0.25) is 0 Å². The van der Waals surface area contributed by atoms with Crippen molar-refractivity contribution in [3.8, 4) is 0 Å². The molecular weight excluding hydrogens is 218 g/mol. The lowest BCUT2D eigenvalue weighted by Gasteiger charge is -1.97. The van der Waals surface area contributed by atoms with E-state index in [1.165, 1.54) is 0 Å². The van der Waals surface area contributed by atoms with Crippen LogP contribution in [-0.4, -0.2) is 10.2 Å². The average molecular weight is 226 g/mol. The number of hydrogen-bond donors (Lipinski definition) is 2. The number of aromatic amines is 1. The minimum Gasteiger partial charge on any atom is -0.398 e. The third-order valence-electron chi connectivity index (χ3n) is 1.87. The zero-order chi connectivity index (χ0) is 8.72. The Hall–Kier alpha value is -1.03. The molecule has 0 radical (unpaired) electrons. The highest BCUT2D eigenvalue weighted by Crippen LogP contribution is 2.28. The molecule has 0 aliphatic heterocycles. The van der Waals surface area contributed by atoms with E-state index in [-0.39, 0.29) is 0 Å². The summed E-state index contributed by atoms with van der Waals surface area (Å²) in [6.07, 6.45) is 0. The molecule has 3 nitrogen and oxygen atoms in total. The Morgan fingerprint density at radius 3 is 2.92 bits per heavy atom. The van der Waals surface area contributed by atoms with E-state index in [2.05, 4.69) is 26.1 Å². The molecule has 1 heterocycles. The average Bonchev–Trinajstić information content (AvgIpc) is 2.42. The van der Waals surface area contributed by atoms with Crippen LogP contribution in [0.4, 0.5) is 5.69 Å². The first-order chi connectivity index (χ1) is 5.70. The number of benzene rings is 1. The fraction of sp³-hybridized carbons (Fsp3) is 0.125. The zero-order valence-electron chi connectivity index (χ0n) is 6.56. The highest BCUT2D eigenvalue weighted by molar-refractivity contribution is 9.10. The number of anilines is 1. The molecule has 12 heavy (non-hydrogen) atoms. The van der Waals surface area contributed by atoms with Crippen LogP contribution in [0.3, 0.4) is 0 Å². The molecule has 0 unspecified atom stereocenters. The third-order valence-corrected chi connectivity index (χ3v) is 2.51. The van der Waals surface area contributed by atoms with Crippen LogP contribution in [0.1, 0.15) is 5.69 Å². The SMILES string of the molecule is Cc1[nH]nc2c(Br)ccc(N)c12. The van der Waals surface area contributed by atoms with Crippen LogP contribution in [0.25, 0.3) is 10.9 Å². The summed E-state index contributed by atoms with van der Waals surface area (Å²) in [5, 5.41) is 8.03. The Morgan fingerprint density at radius 2 is 2.25 bits per heavy atom. The number of nitrogens with two attached hydrogens (primary N) is 1. The van der Waals surface area contributed by atoms with Crippen molar-refractivity contribution in [2.45, 2.75) is 6.92 Å². The second-order valence-corrected chi connectivity index (χ2v) is 3.56. The number of rotatable bonds is 0. The first kappa shape index (κ1) is 7.61. The van der Waals surface area contributed by atoms with Crippen molar-refractivity contribution in [1.82, 2.24) is 10.2 Å². The van der Waals surface area contributed by atoms with Crippen LogP contribution >= 0.6 is 15.9 Å². The van der Waals surface area contributed by atoms with Crippen LogP contribution in [0.15, 0.2) is 16.6 Å². The maximum Gasteiger partial charge on any atom is 0.109 e. The van der Waals surface area contributed by atoms with Crippen molar-refractivity contribution in [3.63, 3.8) is 0 Å². The molecule has 0 aliphatic carbocycles. The number of H-pyrrole nitrogens is 1. The summed E-state index contributed by atoms with van der Waals surface area (Å²) >= 11 is 3.41. The second kappa shape index (κ2) is 2.48. The van der Waals surface area contributed by atoms with Crippen molar-refractivity contribution in [1.29, 1.82) is 0 Å². The predicted octanol–water partition coefficient (Wildman–Crippen LogP) is 2.22. The second-order valence-electron chi connectivity index (χ2n) is 2.71. The van der Waals surface area contributed by atoms with Gasteiger partial charge in [0.2, 0.25) is 0 Å². The summed E-state index contributed by atoms with van der Waals surface area (Å²) in [6, 6.07) is 3.77. The lowest BCUT2D eigenvalue weighted by molar-refractivity contribution is 1.07. The Bertz CT molecular complexity index is 433. The van der Waals surface area contributed by atoms with Gasteiger partial charge in [0.25, 0.3) is 0 Å². The quantitative estimate of drug-likeness (QED) is 0.676. The van der Waals surface area contributed by atoms with Crippen LogP contribution in [0.5, 0.6) is 0 Å². The Morgan fingerprint density at radius 1 is 1.50 bits per heavy atom. The molecule has 0 saturated heterocycles. The minimum absolute atomic E-state index is 0.763. The molecule has 2 aromatic rings. The van der Waals surface area contributed by atoms with Gasteiger partial charge in [-0.05, 0) is 35.0 Å². The summed E-state index contributed by atoms with van der Waals surface area (Å²) in [4.78, 5) is 0. The lowest BCUT2D eigenvalue weighted by atomic mass is 10.2. The van der Waals surface area contributed by atoms with Gasteiger partial charge in [-0.15, -0.1) is 0 Å². The first-order valence-corrected chi connectivity index (χ1v) is 4.38. The van der Waals surface area contributed by atoms with E-state index in [4.69, 9.17) is 5.73 Å². The van der Waals surface area contributed by atoms with Crippen molar-refractivity contribution in [3.05, 3.63) is 22.3 Å². The monoisotopic (exact) mass is 225 g/mol. The summed E-state index contributed by atoms with van der Waals surface area (Å²) < 4.78 is 0.969. The number of aryl methyl sites for hydroxylation is 1. The molecule has 1 aromatic heterocycles. The van der Waals surface area contributed by atoms with E-state index in [0.717, 1.165) is 26.8 Å². The van der Waals surface area contributed by atoms with Gasteiger partial charge in [0.1, 0.15) is 5.52 Å². The molecule has 0 amide bonds. The maximum atomic E-state index is 5.79. The number of nitrogen functional groups attached to an aromatic ring is 1. The van der Waals surface area contributed by atoms with Gasteiger partial charge in [0.05, 0.1) is 0 Å². The molecular formula is C8H8BrN3. The molecule has 0 aliphatic rings. The van der Waals surface area contributed by atoms with Crippen LogP contribution in [0, 0.1) is 6.92 Å². The Balaban J connectivity index is 2.98. The number of fused-ring (bicyclic) bond motifs is 1. The van der Waals surface area contributed by atoms with Crippen molar-refractivity contribution >= 4 is 32.5 Å². The molecule has 0 spiro atoms. The third kappa shape index (κ3) is 0.914. The molecule has 62 valence electrons. The topological polar surface area (TPSA) is 54.7 Å². The molecule has 3 N–H and O–H groups in total. The molecule has 0 fully saturated rings. The summed E-state index contributed by atoms with van der Waals surface area (Å²) in [7, 11) is 0. The number of nitrogens with zero attached hydrogens (tertiary/aromatic N) is 1. The number of nitrogens with one attached hydrogen (secondary N) is 1. The fourth-order valence-corrected chi connectivity index (χ4v) is 1.70. The molecule has 1 aromatic carbocycles. The molecule has 4 heteroatoms. The van der Waals surface area contributed by atoms with E-state index in [9.17, 15) is 0 Å². The van der Waals surface area contributed by atoms with Gasteiger partial charge in [-0.2, -0.15) is 5.10 Å². The van der Waals surface area contributed by atoms with E-state index in [1.54, 1.807) is 0 Å². The van der Waals surface area contributed by atoms with Crippen molar-refractivity contribution in [2.75, 3.05) is 5.73 Å². The zero-order valence-corrected chi connectivity index (χ0v) is 8.14. The maximum absolute atomic E-state index is 5.79. The van der Waals surface area contributed by atoms with Crippen molar-refractivity contribution < 1.29 is 0 Å². The van der Waals surface area contributed by atoms with Gasteiger partial charge in [0, 0.05) is 21.2 Å². The fourth-order valence-electron chi connectivity index (χ4n) is 1.28. The van der Waals surface area contributed by atoms with E-state index in [1.807, 2.05) is 19.1 Å². The smallest absolute Gasteiger partial charge is 0.109 e. The molecule has 2 rings (SSSR count). The molecule has 0 bridgehead atoms. The standard InChI is InChI=1S/C8H8BrN3/c1-4-7-6(10)3-2-5(9)8(7)12-11-4/h2-3H,10H2,1H3,(H,11,12). The van der Waals surface area contributed by atoms with E-state index < -0.39 is 0 Å². The van der Waals surface area contributed by atoms with Gasteiger partial charge >= 0.3 is 0 Å². The highest BCUT2D eigenvalue weighted by Gasteiger charge is 2.07. The number of aromatic nitrogens is 2. The normalized spacial score (nSPS) is 10.8. The Kier molecular flexibility index (Phi) is 1.58.